The lowest BCUT2D eigenvalue weighted by Gasteiger charge is -2.21. The van der Waals surface area contributed by atoms with Crippen molar-refractivity contribution in [1.29, 1.82) is 0 Å². The highest BCUT2D eigenvalue weighted by Gasteiger charge is 2.20. The fourth-order valence-corrected chi connectivity index (χ4v) is 8.69. The van der Waals surface area contributed by atoms with E-state index < -0.39 is 0 Å². The predicted molar refractivity (Wildman–Crippen MR) is 249 cm³/mol. The Morgan fingerprint density at radius 2 is 0.983 bits per heavy atom. The van der Waals surface area contributed by atoms with Crippen molar-refractivity contribution >= 4 is 17.9 Å². The van der Waals surface area contributed by atoms with Gasteiger partial charge in [-0.05, 0) is 94.5 Å². The minimum Gasteiger partial charge on any atom is -0.466 e. The zero-order valence-electron chi connectivity index (χ0n) is 40.2. The van der Waals surface area contributed by atoms with Gasteiger partial charge in [-0.1, -0.05) is 176 Å². The normalized spacial score (nSPS) is 14.4. The van der Waals surface area contributed by atoms with Gasteiger partial charge in [-0.2, -0.15) is 0 Å². The van der Waals surface area contributed by atoms with Crippen LogP contribution in [0.3, 0.4) is 0 Å². The summed E-state index contributed by atoms with van der Waals surface area (Å²) in [5.74, 6) is 2.38. The second kappa shape index (κ2) is 39.2. The van der Waals surface area contributed by atoms with Crippen molar-refractivity contribution in [1.82, 2.24) is 4.90 Å². The van der Waals surface area contributed by atoms with Gasteiger partial charge in [0.25, 0.3) is 0 Å². The topological polar surface area (TPSA) is 82.1 Å². The monoisotopic (exact) mass is 834 g/mol. The Morgan fingerprint density at radius 3 is 1.49 bits per heavy atom. The Kier molecular flexibility index (Phi) is 36.8. The maximum absolute atomic E-state index is 13.2. The van der Waals surface area contributed by atoms with Crippen molar-refractivity contribution in [3.8, 4) is 0 Å². The van der Waals surface area contributed by atoms with Crippen molar-refractivity contribution in [3.63, 3.8) is 0 Å². The van der Waals surface area contributed by atoms with E-state index in [9.17, 15) is 14.4 Å². The number of hydrogen-bond donors (Lipinski definition) is 0. The molecule has 0 amide bonds. The minimum atomic E-state index is -0.0344. The Labute approximate surface area is 366 Å². The molecule has 7 nitrogen and oxygen atoms in total. The van der Waals surface area contributed by atoms with Crippen LogP contribution in [-0.4, -0.2) is 62.3 Å². The Morgan fingerprint density at radius 1 is 0.492 bits per heavy atom. The van der Waals surface area contributed by atoms with Gasteiger partial charge < -0.3 is 19.1 Å². The molecule has 0 spiro atoms. The van der Waals surface area contributed by atoms with E-state index in [0.29, 0.717) is 56.3 Å². The maximum atomic E-state index is 13.2. The molecule has 2 unspecified atom stereocenters. The smallest absolute Gasteiger partial charge is 0.308 e. The van der Waals surface area contributed by atoms with Crippen LogP contribution in [0.2, 0.25) is 0 Å². The number of unbranched alkanes of at least 4 members (excludes halogenated alkanes) is 16. The zero-order chi connectivity index (χ0) is 43.2. The lowest BCUT2D eigenvalue weighted by atomic mass is 9.89. The van der Waals surface area contributed by atoms with E-state index in [1.807, 2.05) is 0 Å². The summed E-state index contributed by atoms with van der Waals surface area (Å²) in [6, 6.07) is 0. The van der Waals surface area contributed by atoms with Crippen LogP contribution < -0.4 is 0 Å². The van der Waals surface area contributed by atoms with Gasteiger partial charge in [0.1, 0.15) is 0 Å². The molecule has 0 bridgehead atoms. The van der Waals surface area contributed by atoms with Crippen LogP contribution in [0.4, 0.5) is 0 Å². The minimum absolute atomic E-state index is 0.0161. The van der Waals surface area contributed by atoms with Crippen molar-refractivity contribution in [2.45, 2.75) is 247 Å². The van der Waals surface area contributed by atoms with E-state index in [-0.39, 0.29) is 23.8 Å². The average Bonchev–Trinajstić information content (AvgIpc) is 3.73. The number of esters is 3. The van der Waals surface area contributed by atoms with E-state index in [1.165, 1.54) is 109 Å². The van der Waals surface area contributed by atoms with Crippen LogP contribution in [0.1, 0.15) is 247 Å². The van der Waals surface area contributed by atoms with Gasteiger partial charge >= 0.3 is 17.9 Å². The Balaban J connectivity index is 2.24. The molecule has 1 heterocycles. The highest BCUT2D eigenvalue weighted by Crippen LogP contribution is 2.24. The quantitative estimate of drug-likeness (QED) is 0.0344. The molecule has 59 heavy (non-hydrogen) atoms. The van der Waals surface area contributed by atoms with Crippen LogP contribution in [0.15, 0.2) is 0 Å². The predicted octanol–water partition coefficient (Wildman–Crippen LogP) is 14.6. The van der Waals surface area contributed by atoms with E-state index in [2.05, 4.69) is 46.4 Å². The van der Waals surface area contributed by atoms with Crippen molar-refractivity contribution < 1.29 is 28.6 Å². The largest absolute Gasteiger partial charge is 0.466 e. The fraction of sp³-hybridized carbons (Fsp3) is 0.942. The molecule has 1 rings (SSSR count). The number of carbonyl (C=O) groups excluding carboxylic acids is 3. The molecule has 0 aromatic rings. The summed E-state index contributed by atoms with van der Waals surface area (Å²) in [4.78, 5) is 40.4. The molecule has 348 valence electrons. The number of hydrogen-bond acceptors (Lipinski definition) is 7. The third-order valence-electron chi connectivity index (χ3n) is 13.0. The van der Waals surface area contributed by atoms with Crippen LogP contribution in [0.25, 0.3) is 0 Å². The maximum Gasteiger partial charge on any atom is 0.308 e. The summed E-state index contributed by atoms with van der Waals surface area (Å²) in [7, 11) is 0. The first-order chi connectivity index (χ1) is 28.7. The molecule has 7 heteroatoms. The molecule has 0 aromatic heterocycles. The molecule has 0 N–H and O–H groups in total. The number of ether oxygens (including phenoxy) is 3. The average molecular weight is 834 g/mol. The van der Waals surface area contributed by atoms with Crippen molar-refractivity contribution in [3.05, 3.63) is 0 Å². The van der Waals surface area contributed by atoms with Gasteiger partial charge in [0.15, 0.2) is 0 Å². The summed E-state index contributed by atoms with van der Waals surface area (Å²) >= 11 is 0. The molecule has 1 aliphatic heterocycles. The van der Waals surface area contributed by atoms with Crippen LogP contribution in [0.5, 0.6) is 0 Å². The fourth-order valence-electron chi connectivity index (χ4n) is 8.69. The molecular formula is C52H99NO6. The molecule has 0 aliphatic carbocycles. The molecule has 0 aromatic carbocycles. The standard InChI is InChI=1S/C52H99NO6/c1-7-9-21-30-47(31-22-10-8-2)38-43-57-50(54)34-25-19-15-11-13-17-23-32-48(52(56)58-42-29-41-53-39-27-28-40-53)33-24-18-14-12-16-20-26-35-51(55)59-44-49(46(5)6)37-36-45(3)4/h45-49H,7-44H2,1-6H3. The first kappa shape index (κ1) is 55.4. The third kappa shape index (κ3) is 33.7. The second-order valence-corrected chi connectivity index (χ2v) is 19.3. The molecule has 1 fully saturated rings. The van der Waals surface area contributed by atoms with Crippen LogP contribution >= 0.6 is 0 Å². The highest BCUT2D eigenvalue weighted by atomic mass is 16.5. The summed E-state index contributed by atoms with van der Waals surface area (Å²) in [5.41, 5.74) is 0. The van der Waals surface area contributed by atoms with E-state index >= 15 is 0 Å². The van der Waals surface area contributed by atoms with E-state index in [4.69, 9.17) is 14.2 Å². The molecule has 1 aliphatic rings. The lowest BCUT2D eigenvalue weighted by Crippen LogP contribution is -2.23. The third-order valence-corrected chi connectivity index (χ3v) is 13.0. The summed E-state index contributed by atoms with van der Waals surface area (Å²) in [6.07, 6.45) is 35.6. The summed E-state index contributed by atoms with van der Waals surface area (Å²) < 4.78 is 17.2. The summed E-state index contributed by atoms with van der Waals surface area (Å²) in [5, 5.41) is 0. The molecular weight excluding hydrogens is 735 g/mol. The van der Waals surface area contributed by atoms with E-state index in [0.717, 1.165) is 103 Å². The zero-order valence-corrected chi connectivity index (χ0v) is 40.2. The SMILES string of the molecule is CCCCCC(CCCCC)CCOC(=O)CCCCCCCCCC(CCCCCCCCCC(=O)OCC(CCC(C)C)C(C)C)C(=O)OCCCN1CCCC1. The van der Waals surface area contributed by atoms with Crippen molar-refractivity contribution in [2.24, 2.45) is 29.6 Å². The number of nitrogens with zero attached hydrogens (tertiary/aromatic N) is 1. The van der Waals surface area contributed by atoms with Gasteiger partial charge in [-0.25, -0.2) is 0 Å². The molecule has 0 radical (unpaired) electrons. The highest BCUT2D eigenvalue weighted by molar-refractivity contribution is 5.72. The van der Waals surface area contributed by atoms with Crippen LogP contribution in [-0.2, 0) is 28.6 Å². The number of likely N-dealkylation sites (tertiary alicyclic amines) is 1. The molecule has 1 saturated heterocycles. The Bertz CT molecular complexity index is 968. The first-order valence-corrected chi connectivity index (χ1v) is 25.9. The number of rotatable bonds is 42. The second-order valence-electron chi connectivity index (χ2n) is 19.3. The van der Waals surface area contributed by atoms with Gasteiger partial charge in [-0.3, -0.25) is 14.4 Å². The molecule has 2 atom stereocenters. The van der Waals surface area contributed by atoms with Gasteiger partial charge in [0, 0.05) is 19.4 Å². The van der Waals surface area contributed by atoms with Gasteiger partial charge in [-0.15, -0.1) is 0 Å². The summed E-state index contributed by atoms with van der Waals surface area (Å²) in [6.45, 7) is 18.6. The Hall–Kier alpha value is -1.63. The van der Waals surface area contributed by atoms with Crippen molar-refractivity contribution in [2.75, 3.05) is 39.5 Å². The van der Waals surface area contributed by atoms with Crippen LogP contribution in [0, 0.1) is 29.6 Å². The number of carbonyl (C=O) groups is 3. The van der Waals surface area contributed by atoms with Gasteiger partial charge in [0.2, 0.25) is 0 Å². The molecule has 0 saturated carbocycles. The van der Waals surface area contributed by atoms with E-state index in [1.54, 1.807) is 0 Å². The first-order valence-electron chi connectivity index (χ1n) is 25.9. The lowest BCUT2D eigenvalue weighted by molar-refractivity contribution is -0.149. The van der Waals surface area contributed by atoms with Gasteiger partial charge in [0.05, 0.1) is 25.7 Å².